The lowest BCUT2D eigenvalue weighted by Crippen LogP contribution is -2.40. The number of aryl methyl sites for hydroxylation is 1. The highest BCUT2D eigenvalue weighted by Crippen LogP contribution is 2.38. The van der Waals surface area contributed by atoms with Crippen molar-refractivity contribution in [2.75, 3.05) is 26.2 Å². The highest BCUT2D eigenvalue weighted by atomic mass is 79.9. The summed E-state index contributed by atoms with van der Waals surface area (Å²) in [4.78, 5) is 78.4. The number of nitrogens with zero attached hydrogens (tertiary/aromatic N) is 2. The van der Waals surface area contributed by atoms with Gasteiger partial charge in [-0.2, -0.15) is 0 Å². The number of ether oxygens (including phenoxy) is 2. The van der Waals surface area contributed by atoms with Crippen LogP contribution in [0.3, 0.4) is 0 Å². The summed E-state index contributed by atoms with van der Waals surface area (Å²) >= 11 is 6.23. The number of rotatable bonds is 11. The van der Waals surface area contributed by atoms with Gasteiger partial charge in [-0.3, -0.25) is 38.6 Å². The number of thiophene rings is 2. The van der Waals surface area contributed by atoms with Gasteiger partial charge in [-0.05, 0) is 73.1 Å². The molecule has 15 heteroatoms. The number of carbonyl (C=O) groups is 6. The van der Waals surface area contributed by atoms with Crippen LogP contribution in [0.1, 0.15) is 94.6 Å². The predicted octanol–water partition coefficient (Wildman–Crippen LogP) is 8.48. The minimum atomic E-state index is -1.90. The van der Waals surface area contributed by atoms with E-state index in [0.717, 1.165) is 26.0 Å². The molecule has 1 atom stereocenters. The van der Waals surface area contributed by atoms with Gasteiger partial charge in [0.05, 0.1) is 55.0 Å². The van der Waals surface area contributed by atoms with Crippen LogP contribution in [0.5, 0.6) is 0 Å². The number of halogens is 1. The molecule has 0 fully saturated rings. The average Bonchev–Trinajstić information content (AvgIpc) is 3.95. The first-order chi connectivity index (χ1) is 26.5. The number of amides is 4. The molecule has 2 aliphatic heterocycles. The fourth-order valence-electron chi connectivity index (χ4n) is 5.41. The molecule has 11 nitrogen and oxygen atoms in total. The van der Waals surface area contributed by atoms with Crippen molar-refractivity contribution in [3.05, 3.63) is 115 Å². The lowest BCUT2D eigenvalue weighted by Gasteiger charge is -2.36. The van der Waals surface area contributed by atoms with Gasteiger partial charge >= 0.3 is 11.9 Å². The molecule has 6 rings (SSSR count). The van der Waals surface area contributed by atoms with Gasteiger partial charge in [-0.15, -0.1) is 22.7 Å². The molecule has 0 aliphatic carbocycles. The second-order valence-corrected chi connectivity index (χ2v) is 22.1. The number of benzene rings is 2. The third kappa shape index (κ3) is 10.4. The van der Waals surface area contributed by atoms with Crippen LogP contribution in [0, 0.1) is 0 Å². The van der Waals surface area contributed by atoms with E-state index < -0.39 is 20.2 Å². The monoisotopic (exact) mass is 882 g/mol. The molecule has 2 aromatic heterocycles. The summed E-state index contributed by atoms with van der Waals surface area (Å²) in [5, 5.41) is 0.104. The molecule has 4 heterocycles. The fraction of sp³-hybridized carbons (Fsp3) is 0.366. The lowest BCUT2D eigenvalue weighted by atomic mass is 10.1. The van der Waals surface area contributed by atoms with Crippen LogP contribution in [0.25, 0.3) is 0 Å². The van der Waals surface area contributed by atoms with Crippen molar-refractivity contribution in [1.82, 2.24) is 9.80 Å². The van der Waals surface area contributed by atoms with Crippen LogP contribution in [-0.4, -0.2) is 79.9 Å². The Morgan fingerprint density at radius 3 is 1.62 bits per heavy atom. The van der Waals surface area contributed by atoms with Crippen molar-refractivity contribution < 1.29 is 42.7 Å². The maximum Gasteiger partial charge on any atom is 0.315 e. The maximum atomic E-state index is 12.7. The molecular weight excluding hydrogens is 837 g/mol. The molecule has 2 aliphatic rings. The standard InChI is InChI=1S/C23H29NO5SSi.C9H6BrNO2.C9H12O2S/c1-23(2,3)31(5,6)29-14-15-11-12-19(30-15)18(22(27)28-4)13-24-20(25)16-9-7-8-10-17(16)21(24)26;10-5-11-8(12)6-3-1-2-4-7(6)9(11)13;1-3-7-4-5-8(12-7)6-9(10)11-2/h7-12,18H,13-14H2,1-6H3;1-4H,5H2;4-5H,3,6H2,1-2H3. The molecule has 0 bridgehead atoms. The molecule has 0 radical (unpaired) electrons. The Morgan fingerprint density at radius 2 is 1.20 bits per heavy atom. The number of esters is 2. The highest BCUT2D eigenvalue weighted by molar-refractivity contribution is 9.09. The van der Waals surface area contributed by atoms with E-state index >= 15 is 0 Å². The van der Waals surface area contributed by atoms with E-state index in [-0.39, 0.29) is 46.6 Å². The molecule has 56 heavy (non-hydrogen) atoms. The fourth-order valence-corrected chi connectivity index (χ4v) is 8.87. The zero-order valence-corrected chi connectivity index (χ0v) is 37.0. The third-order valence-corrected chi connectivity index (χ3v) is 17.1. The Balaban J connectivity index is 0.000000226. The third-order valence-electron chi connectivity index (χ3n) is 9.75. The molecule has 0 spiro atoms. The molecule has 4 amide bonds. The van der Waals surface area contributed by atoms with Crippen LogP contribution in [0.4, 0.5) is 0 Å². The average molecular weight is 884 g/mol. The SMILES string of the molecule is CCc1ccc(CC(=O)OC)s1.COC(=O)C(CN1C(=O)c2ccccc2C1=O)c1ccc(CO[Si](C)(C)C(C)(C)C)s1.O=C1c2ccccc2C(=O)N1CBr. The number of hydrogen-bond donors (Lipinski definition) is 0. The largest absolute Gasteiger partial charge is 0.469 e. The van der Waals surface area contributed by atoms with E-state index in [1.165, 1.54) is 35.3 Å². The van der Waals surface area contributed by atoms with Crippen molar-refractivity contribution in [1.29, 1.82) is 0 Å². The zero-order chi connectivity index (χ0) is 41.4. The van der Waals surface area contributed by atoms with Gasteiger partial charge in [-0.25, -0.2) is 0 Å². The Morgan fingerprint density at radius 1 is 0.714 bits per heavy atom. The Labute approximate surface area is 345 Å². The van der Waals surface area contributed by atoms with Crippen LogP contribution >= 0.6 is 38.6 Å². The highest BCUT2D eigenvalue weighted by Gasteiger charge is 2.40. The summed E-state index contributed by atoms with van der Waals surface area (Å²) in [6.45, 7) is 13.5. The summed E-state index contributed by atoms with van der Waals surface area (Å²) in [6.07, 6.45) is 1.44. The van der Waals surface area contributed by atoms with E-state index in [0.29, 0.717) is 35.3 Å². The van der Waals surface area contributed by atoms with Crippen molar-refractivity contribution >= 4 is 82.5 Å². The first-order valence-corrected chi connectivity index (χ1v) is 23.5. The molecule has 0 saturated carbocycles. The van der Waals surface area contributed by atoms with Gasteiger partial charge in [0.25, 0.3) is 23.6 Å². The molecule has 4 aromatic rings. The van der Waals surface area contributed by atoms with E-state index in [2.05, 4.69) is 67.5 Å². The van der Waals surface area contributed by atoms with Gasteiger partial charge < -0.3 is 13.9 Å². The minimum Gasteiger partial charge on any atom is -0.469 e. The molecule has 0 N–H and O–H groups in total. The molecule has 298 valence electrons. The summed E-state index contributed by atoms with van der Waals surface area (Å²) in [7, 11) is 0.825. The second-order valence-electron chi connectivity index (χ2n) is 14.4. The summed E-state index contributed by atoms with van der Waals surface area (Å²) in [5.74, 6) is -2.59. The first kappa shape index (κ1) is 44.4. The van der Waals surface area contributed by atoms with E-state index in [4.69, 9.17) is 9.16 Å². The summed E-state index contributed by atoms with van der Waals surface area (Å²) < 4.78 is 15.8. The zero-order valence-electron chi connectivity index (χ0n) is 32.8. The number of alkyl halides is 1. The quantitative estimate of drug-likeness (QED) is 0.0478. The Hall–Kier alpha value is -4.28. The van der Waals surface area contributed by atoms with Gasteiger partial charge in [0.1, 0.15) is 5.92 Å². The van der Waals surface area contributed by atoms with Crippen molar-refractivity contribution in [2.45, 2.75) is 71.2 Å². The smallest absolute Gasteiger partial charge is 0.315 e. The number of carbonyl (C=O) groups excluding carboxylic acids is 6. The predicted molar refractivity (Wildman–Crippen MR) is 223 cm³/mol. The maximum absolute atomic E-state index is 12.7. The number of methoxy groups -OCH3 is 2. The first-order valence-electron chi connectivity index (χ1n) is 17.9. The van der Waals surface area contributed by atoms with Gasteiger partial charge in [0, 0.05) is 26.1 Å². The minimum absolute atomic E-state index is 0.0535. The van der Waals surface area contributed by atoms with E-state index in [1.807, 2.05) is 18.2 Å². The Kier molecular flexibility index (Phi) is 15.3. The van der Waals surface area contributed by atoms with E-state index in [9.17, 15) is 28.8 Å². The molecule has 0 saturated heterocycles. The van der Waals surface area contributed by atoms with Gasteiger partial charge in [0.15, 0.2) is 8.32 Å². The normalized spacial score (nSPS) is 14.0. The number of hydrogen-bond acceptors (Lipinski definition) is 11. The van der Waals surface area contributed by atoms with Crippen molar-refractivity contribution in [3.8, 4) is 0 Å². The molecule has 2 aromatic carbocycles. The van der Waals surface area contributed by atoms with Crippen LogP contribution in [0.15, 0.2) is 72.8 Å². The van der Waals surface area contributed by atoms with Crippen LogP contribution in [-0.2, 0) is 42.9 Å². The van der Waals surface area contributed by atoms with Crippen LogP contribution < -0.4 is 0 Å². The summed E-state index contributed by atoms with van der Waals surface area (Å²) in [5.41, 5.74) is 1.97. The summed E-state index contributed by atoms with van der Waals surface area (Å²) in [6, 6.07) is 21.4. The molecule has 1 unspecified atom stereocenters. The van der Waals surface area contributed by atoms with E-state index in [1.54, 1.807) is 59.9 Å². The number of fused-ring (bicyclic) bond motifs is 2. The van der Waals surface area contributed by atoms with Gasteiger partial charge in [-0.1, -0.05) is 67.9 Å². The topological polar surface area (TPSA) is 137 Å². The number of imide groups is 2. The van der Waals surface area contributed by atoms with Gasteiger partial charge in [0.2, 0.25) is 0 Å². The van der Waals surface area contributed by atoms with Crippen LogP contribution in [0.2, 0.25) is 18.1 Å². The Bertz CT molecular complexity index is 2020. The second kappa shape index (κ2) is 19.2. The van der Waals surface area contributed by atoms with Crippen molar-refractivity contribution in [3.63, 3.8) is 0 Å². The van der Waals surface area contributed by atoms with Crippen molar-refractivity contribution in [2.24, 2.45) is 0 Å². The lowest BCUT2D eigenvalue weighted by molar-refractivity contribution is -0.142. The molecular formula is C41H47BrN2O9S2Si.